The standard InChI is InChI=1S/C11H19N3O5/c1-19-8-4-2-3-6(8)13-11(18)14-7(10(16)17)5-9(12)15/h6-8H,2-5H2,1H3,(H2,12,15)(H,16,17)(H2,13,14,18). The minimum absolute atomic E-state index is 0.0647. The summed E-state index contributed by atoms with van der Waals surface area (Å²) in [5.41, 5.74) is 4.92. The van der Waals surface area contributed by atoms with Crippen molar-refractivity contribution in [1.82, 2.24) is 10.6 Å². The lowest BCUT2D eigenvalue weighted by Crippen LogP contribution is -2.51. The molecule has 1 fully saturated rings. The van der Waals surface area contributed by atoms with Crippen molar-refractivity contribution < 1.29 is 24.2 Å². The molecular weight excluding hydrogens is 254 g/mol. The molecule has 8 heteroatoms. The van der Waals surface area contributed by atoms with Crippen LogP contribution in [0.4, 0.5) is 4.79 Å². The van der Waals surface area contributed by atoms with Crippen molar-refractivity contribution in [3.63, 3.8) is 0 Å². The van der Waals surface area contributed by atoms with Gasteiger partial charge < -0.3 is 26.2 Å². The molecule has 1 aliphatic carbocycles. The maximum absolute atomic E-state index is 11.7. The average Bonchev–Trinajstić information content (AvgIpc) is 2.74. The fourth-order valence-corrected chi connectivity index (χ4v) is 2.14. The highest BCUT2D eigenvalue weighted by Gasteiger charge is 2.30. The van der Waals surface area contributed by atoms with Gasteiger partial charge in [0.25, 0.3) is 0 Å². The monoisotopic (exact) mass is 273 g/mol. The molecule has 0 spiro atoms. The van der Waals surface area contributed by atoms with Gasteiger partial charge in [-0.1, -0.05) is 0 Å². The molecule has 0 aromatic heterocycles. The summed E-state index contributed by atoms with van der Waals surface area (Å²) in [6, 6.07) is -2.10. The predicted molar refractivity (Wildman–Crippen MR) is 65.3 cm³/mol. The Morgan fingerprint density at radius 3 is 2.63 bits per heavy atom. The van der Waals surface area contributed by atoms with Crippen LogP contribution in [0.1, 0.15) is 25.7 Å². The van der Waals surface area contributed by atoms with E-state index in [9.17, 15) is 14.4 Å². The van der Waals surface area contributed by atoms with Crippen molar-refractivity contribution in [3.8, 4) is 0 Å². The Morgan fingerprint density at radius 2 is 2.11 bits per heavy atom. The first kappa shape index (κ1) is 15.2. The van der Waals surface area contributed by atoms with Gasteiger partial charge >= 0.3 is 12.0 Å². The second-order valence-electron chi connectivity index (χ2n) is 4.49. The fourth-order valence-electron chi connectivity index (χ4n) is 2.14. The lowest BCUT2D eigenvalue weighted by molar-refractivity contribution is -0.140. The van der Waals surface area contributed by atoms with Gasteiger partial charge in [-0.3, -0.25) is 4.79 Å². The maximum Gasteiger partial charge on any atom is 0.326 e. The van der Waals surface area contributed by atoms with Crippen LogP contribution in [0.2, 0.25) is 0 Å². The predicted octanol–water partition coefficient (Wildman–Crippen LogP) is -0.818. The van der Waals surface area contributed by atoms with E-state index in [0.717, 1.165) is 19.3 Å². The number of carboxylic acids is 1. The van der Waals surface area contributed by atoms with E-state index in [4.69, 9.17) is 15.6 Å². The first-order valence-electron chi connectivity index (χ1n) is 6.05. The molecule has 19 heavy (non-hydrogen) atoms. The molecule has 0 aromatic rings. The number of ether oxygens (including phenoxy) is 1. The topological polar surface area (TPSA) is 131 Å². The molecule has 8 nitrogen and oxygen atoms in total. The number of rotatable bonds is 6. The molecule has 0 heterocycles. The summed E-state index contributed by atoms with van der Waals surface area (Å²) < 4.78 is 5.21. The van der Waals surface area contributed by atoms with Crippen molar-refractivity contribution >= 4 is 17.9 Å². The van der Waals surface area contributed by atoms with Crippen LogP contribution in [0.15, 0.2) is 0 Å². The molecule has 3 atom stereocenters. The Balaban J connectivity index is 2.48. The average molecular weight is 273 g/mol. The van der Waals surface area contributed by atoms with Crippen molar-refractivity contribution in [1.29, 1.82) is 0 Å². The Labute approximate surface area is 110 Å². The SMILES string of the molecule is COC1CCCC1NC(=O)NC(CC(N)=O)C(=O)O. The third-order valence-corrected chi connectivity index (χ3v) is 3.08. The van der Waals surface area contributed by atoms with Gasteiger partial charge in [-0.15, -0.1) is 0 Å². The highest BCUT2D eigenvalue weighted by molar-refractivity contribution is 5.87. The minimum atomic E-state index is -1.32. The van der Waals surface area contributed by atoms with Crippen molar-refractivity contribution in [2.24, 2.45) is 5.73 Å². The van der Waals surface area contributed by atoms with Gasteiger partial charge in [0.05, 0.1) is 18.6 Å². The Kier molecular flexibility index (Phi) is 5.56. The molecule has 3 unspecified atom stereocenters. The summed E-state index contributed by atoms with van der Waals surface area (Å²) in [4.78, 5) is 33.2. The van der Waals surface area contributed by atoms with E-state index in [1.54, 1.807) is 7.11 Å². The normalized spacial score (nSPS) is 23.6. The highest BCUT2D eigenvalue weighted by Crippen LogP contribution is 2.21. The molecule has 0 radical (unpaired) electrons. The number of urea groups is 1. The van der Waals surface area contributed by atoms with E-state index < -0.39 is 30.4 Å². The minimum Gasteiger partial charge on any atom is -0.480 e. The number of amides is 3. The van der Waals surface area contributed by atoms with Gasteiger partial charge in [-0.2, -0.15) is 0 Å². The number of methoxy groups -OCH3 is 1. The van der Waals surface area contributed by atoms with E-state index in [1.165, 1.54) is 0 Å². The molecule has 0 saturated heterocycles. The van der Waals surface area contributed by atoms with Crippen LogP contribution in [-0.4, -0.2) is 48.3 Å². The molecule has 0 bridgehead atoms. The summed E-state index contributed by atoms with van der Waals surface area (Å²) in [7, 11) is 1.57. The van der Waals surface area contributed by atoms with Crippen LogP contribution in [0.25, 0.3) is 0 Å². The lowest BCUT2D eigenvalue weighted by atomic mass is 10.2. The van der Waals surface area contributed by atoms with Crippen LogP contribution < -0.4 is 16.4 Å². The molecule has 3 amide bonds. The number of aliphatic carboxylic acids is 1. The zero-order chi connectivity index (χ0) is 14.4. The number of primary amides is 1. The smallest absolute Gasteiger partial charge is 0.326 e. The van der Waals surface area contributed by atoms with Crippen LogP contribution in [0.3, 0.4) is 0 Å². The summed E-state index contributed by atoms with van der Waals surface area (Å²) in [5, 5.41) is 13.7. The van der Waals surface area contributed by atoms with E-state index in [-0.39, 0.29) is 12.1 Å². The van der Waals surface area contributed by atoms with E-state index in [0.29, 0.717) is 0 Å². The molecule has 5 N–H and O–H groups in total. The third kappa shape index (κ3) is 4.74. The second kappa shape index (κ2) is 6.93. The Morgan fingerprint density at radius 1 is 1.42 bits per heavy atom. The van der Waals surface area contributed by atoms with Gasteiger partial charge in [0.1, 0.15) is 6.04 Å². The van der Waals surface area contributed by atoms with Crippen molar-refractivity contribution in [2.45, 2.75) is 43.9 Å². The molecule has 0 aliphatic heterocycles. The Hall–Kier alpha value is -1.83. The molecule has 108 valence electrons. The third-order valence-electron chi connectivity index (χ3n) is 3.08. The van der Waals surface area contributed by atoms with Gasteiger partial charge in [-0.25, -0.2) is 9.59 Å². The van der Waals surface area contributed by atoms with Crippen LogP contribution in [0, 0.1) is 0 Å². The number of nitrogens with two attached hydrogens (primary N) is 1. The zero-order valence-corrected chi connectivity index (χ0v) is 10.7. The zero-order valence-electron chi connectivity index (χ0n) is 10.7. The summed E-state index contributed by atoms with van der Waals surface area (Å²) in [5.74, 6) is -2.09. The molecule has 1 saturated carbocycles. The molecule has 1 aliphatic rings. The number of hydrogen-bond donors (Lipinski definition) is 4. The van der Waals surface area contributed by atoms with Gasteiger partial charge in [0.15, 0.2) is 0 Å². The first-order chi connectivity index (χ1) is 8.93. The number of carbonyl (C=O) groups is 3. The van der Waals surface area contributed by atoms with Crippen LogP contribution >= 0.6 is 0 Å². The molecular formula is C11H19N3O5. The highest BCUT2D eigenvalue weighted by atomic mass is 16.5. The van der Waals surface area contributed by atoms with Crippen LogP contribution in [-0.2, 0) is 14.3 Å². The van der Waals surface area contributed by atoms with Crippen molar-refractivity contribution in [3.05, 3.63) is 0 Å². The number of hydrogen-bond acceptors (Lipinski definition) is 4. The maximum atomic E-state index is 11.7. The van der Waals surface area contributed by atoms with Gasteiger partial charge in [-0.05, 0) is 19.3 Å². The quantitative estimate of drug-likeness (QED) is 0.502. The first-order valence-corrected chi connectivity index (χ1v) is 6.05. The molecule has 0 aromatic carbocycles. The molecule has 1 rings (SSSR count). The van der Waals surface area contributed by atoms with E-state index >= 15 is 0 Å². The number of nitrogens with one attached hydrogen (secondary N) is 2. The Bertz CT molecular complexity index is 360. The number of carbonyl (C=O) groups excluding carboxylic acids is 2. The fraction of sp³-hybridized carbons (Fsp3) is 0.727. The summed E-state index contributed by atoms with van der Waals surface area (Å²) >= 11 is 0. The van der Waals surface area contributed by atoms with Crippen LogP contribution in [0.5, 0.6) is 0 Å². The largest absolute Gasteiger partial charge is 0.480 e. The summed E-state index contributed by atoms with van der Waals surface area (Å²) in [6.07, 6.45) is 2.06. The second-order valence-corrected chi connectivity index (χ2v) is 4.49. The van der Waals surface area contributed by atoms with Gasteiger partial charge in [0, 0.05) is 7.11 Å². The summed E-state index contributed by atoms with van der Waals surface area (Å²) in [6.45, 7) is 0. The van der Waals surface area contributed by atoms with Crippen molar-refractivity contribution in [2.75, 3.05) is 7.11 Å². The lowest BCUT2D eigenvalue weighted by Gasteiger charge is -2.21. The van der Waals surface area contributed by atoms with Gasteiger partial charge in [0.2, 0.25) is 5.91 Å². The number of carboxylic acid groups (broad SMARTS) is 1. The van der Waals surface area contributed by atoms with E-state index in [2.05, 4.69) is 10.6 Å². The van der Waals surface area contributed by atoms with E-state index in [1.807, 2.05) is 0 Å².